The molecular formula is C16H15NO2S. The minimum absolute atomic E-state index is 0.155. The SMILES string of the molecule is O=C1CCCc2c1ccc(O)c2C(S)c1ccncc1. The molecule has 0 aliphatic heterocycles. The standard InChI is InChI=1S/C16H15NO2S/c18-13-3-1-2-12-11(13)4-5-14(19)15(12)16(20)10-6-8-17-9-7-10/h4-9,16,19-20H,1-3H2. The van der Waals surface area contributed by atoms with E-state index >= 15 is 0 Å². The second kappa shape index (κ2) is 5.29. The maximum Gasteiger partial charge on any atom is 0.163 e. The lowest BCUT2D eigenvalue weighted by molar-refractivity contribution is 0.0972. The minimum atomic E-state index is -0.251. The van der Waals surface area contributed by atoms with Gasteiger partial charge >= 0.3 is 0 Å². The Labute approximate surface area is 123 Å². The lowest BCUT2D eigenvalue weighted by Gasteiger charge is -2.23. The van der Waals surface area contributed by atoms with Gasteiger partial charge in [0.05, 0.1) is 5.25 Å². The molecule has 0 fully saturated rings. The van der Waals surface area contributed by atoms with Gasteiger partial charge in [-0.3, -0.25) is 9.78 Å². The molecule has 0 saturated heterocycles. The topological polar surface area (TPSA) is 50.2 Å². The first-order valence-corrected chi connectivity index (χ1v) is 7.16. The molecule has 4 heteroatoms. The van der Waals surface area contributed by atoms with E-state index < -0.39 is 0 Å². The summed E-state index contributed by atoms with van der Waals surface area (Å²) in [6.45, 7) is 0. The van der Waals surface area contributed by atoms with E-state index in [0.29, 0.717) is 6.42 Å². The number of carbonyl (C=O) groups excluding carboxylic acids is 1. The zero-order chi connectivity index (χ0) is 14.1. The molecular weight excluding hydrogens is 270 g/mol. The van der Waals surface area contributed by atoms with Gasteiger partial charge in [-0.05, 0) is 48.2 Å². The first kappa shape index (κ1) is 13.2. The number of fused-ring (bicyclic) bond motifs is 1. The van der Waals surface area contributed by atoms with Crippen LogP contribution < -0.4 is 0 Å². The van der Waals surface area contributed by atoms with Crippen molar-refractivity contribution < 1.29 is 9.90 Å². The molecule has 0 spiro atoms. The van der Waals surface area contributed by atoms with Gasteiger partial charge in [0.15, 0.2) is 5.78 Å². The zero-order valence-corrected chi connectivity index (χ0v) is 11.8. The first-order chi connectivity index (χ1) is 9.68. The molecule has 1 unspecified atom stereocenters. The molecule has 1 aromatic heterocycles. The number of phenols is 1. The summed E-state index contributed by atoms with van der Waals surface area (Å²) in [7, 11) is 0. The molecule has 1 atom stereocenters. The fourth-order valence-electron chi connectivity index (χ4n) is 2.76. The van der Waals surface area contributed by atoms with E-state index in [1.54, 1.807) is 24.5 Å². The molecule has 1 aliphatic rings. The van der Waals surface area contributed by atoms with Crippen LogP contribution in [0.5, 0.6) is 5.75 Å². The van der Waals surface area contributed by atoms with Gasteiger partial charge in [-0.1, -0.05) is 0 Å². The highest BCUT2D eigenvalue weighted by Gasteiger charge is 2.25. The number of nitrogens with zero attached hydrogens (tertiary/aromatic N) is 1. The molecule has 1 N–H and O–H groups in total. The maximum absolute atomic E-state index is 12.0. The van der Waals surface area contributed by atoms with Gasteiger partial charge in [-0.15, -0.1) is 0 Å². The zero-order valence-electron chi connectivity index (χ0n) is 10.9. The van der Waals surface area contributed by atoms with Gasteiger partial charge in [0, 0.05) is 29.9 Å². The van der Waals surface area contributed by atoms with Crippen molar-refractivity contribution in [1.82, 2.24) is 4.98 Å². The number of benzene rings is 1. The predicted octanol–water partition coefficient (Wildman–Crippen LogP) is 3.33. The van der Waals surface area contributed by atoms with E-state index in [1.165, 1.54) is 0 Å². The van der Waals surface area contributed by atoms with Gasteiger partial charge in [0.25, 0.3) is 0 Å². The van der Waals surface area contributed by atoms with Crippen molar-refractivity contribution in [2.24, 2.45) is 0 Å². The van der Waals surface area contributed by atoms with Crippen molar-refractivity contribution in [3.63, 3.8) is 0 Å². The number of phenolic OH excluding ortho intramolecular Hbond substituents is 1. The van der Waals surface area contributed by atoms with Crippen LogP contribution in [0.2, 0.25) is 0 Å². The maximum atomic E-state index is 12.0. The average Bonchev–Trinajstić information content (AvgIpc) is 2.48. The van der Waals surface area contributed by atoms with E-state index in [4.69, 9.17) is 0 Å². The summed E-state index contributed by atoms with van der Waals surface area (Å²) >= 11 is 4.64. The second-order valence-corrected chi connectivity index (χ2v) is 5.50. The number of Topliss-reactive ketones (excluding diaryl/α,β-unsaturated/α-hetero) is 1. The van der Waals surface area contributed by atoms with Gasteiger partial charge in [0.2, 0.25) is 0 Å². The van der Waals surface area contributed by atoms with Crippen LogP contribution in [0.25, 0.3) is 0 Å². The van der Waals surface area contributed by atoms with Gasteiger partial charge in [0.1, 0.15) is 5.75 Å². The van der Waals surface area contributed by atoms with Crippen molar-refractivity contribution in [1.29, 1.82) is 0 Å². The minimum Gasteiger partial charge on any atom is -0.508 e. The fraction of sp³-hybridized carbons (Fsp3) is 0.250. The van der Waals surface area contributed by atoms with Crippen molar-refractivity contribution in [3.05, 3.63) is 58.9 Å². The highest BCUT2D eigenvalue weighted by molar-refractivity contribution is 7.80. The first-order valence-electron chi connectivity index (χ1n) is 6.64. The van der Waals surface area contributed by atoms with Crippen LogP contribution in [-0.2, 0) is 6.42 Å². The molecule has 1 aliphatic carbocycles. The highest BCUT2D eigenvalue weighted by atomic mass is 32.1. The monoisotopic (exact) mass is 285 g/mol. The molecule has 1 heterocycles. The van der Waals surface area contributed by atoms with Gasteiger partial charge in [-0.2, -0.15) is 12.6 Å². The Hall–Kier alpha value is -1.81. The number of pyridine rings is 1. The Morgan fingerprint density at radius 2 is 1.90 bits per heavy atom. The van der Waals surface area contributed by atoms with Crippen molar-refractivity contribution in [2.75, 3.05) is 0 Å². The molecule has 0 amide bonds. The predicted molar refractivity (Wildman–Crippen MR) is 80.4 cm³/mol. The molecule has 20 heavy (non-hydrogen) atoms. The molecule has 0 radical (unpaired) electrons. The van der Waals surface area contributed by atoms with Crippen molar-refractivity contribution in [2.45, 2.75) is 24.5 Å². The molecule has 0 saturated carbocycles. The Morgan fingerprint density at radius 1 is 1.15 bits per heavy atom. The summed E-state index contributed by atoms with van der Waals surface area (Å²) in [4.78, 5) is 16.0. The smallest absolute Gasteiger partial charge is 0.163 e. The number of hydrogen-bond donors (Lipinski definition) is 2. The summed E-state index contributed by atoms with van der Waals surface area (Å²) in [6.07, 6.45) is 5.64. The second-order valence-electron chi connectivity index (χ2n) is 4.98. The number of aromatic hydroxyl groups is 1. The Morgan fingerprint density at radius 3 is 2.65 bits per heavy atom. The highest BCUT2D eigenvalue weighted by Crippen LogP contribution is 2.40. The van der Waals surface area contributed by atoms with Crippen LogP contribution in [0.4, 0.5) is 0 Å². The number of thiol groups is 1. The summed E-state index contributed by atoms with van der Waals surface area (Å²) in [5, 5.41) is 9.96. The number of hydrogen-bond acceptors (Lipinski definition) is 4. The van der Waals surface area contributed by atoms with Crippen LogP contribution in [-0.4, -0.2) is 15.9 Å². The third kappa shape index (κ3) is 2.20. The summed E-state index contributed by atoms with van der Waals surface area (Å²) < 4.78 is 0. The lowest BCUT2D eigenvalue weighted by Crippen LogP contribution is -2.14. The van der Waals surface area contributed by atoms with Crippen molar-refractivity contribution >= 4 is 18.4 Å². The van der Waals surface area contributed by atoms with E-state index in [-0.39, 0.29) is 16.8 Å². The average molecular weight is 285 g/mol. The third-order valence-electron chi connectivity index (χ3n) is 3.76. The molecule has 2 aromatic rings. The molecule has 102 valence electrons. The fourth-order valence-corrected chi connectivity index (χ4v) is 3.22. The van der Waals surface area contributed by atoms with Crippen LogP contribution in [0.15, 0.2) is 36.7 Å². The summed E-state index contributed by atoms with van der Waals surface area (Å²) in [6, 6.07) is 7.08. The van der Waals surface area contributed by atoms with Crippen molar-refractivity contribution in [3.8, 4) is 5.75 Å². The molecule has 3 rings (SSSR count). The quantitative estimate of drug-likeness (QED) is 0.832. The number of aromatic nitrogens is 1. The number of ketones is 1. The summed E-state index contributed by atoms with van der Waals surface area (Å²) in [5.41, 5.74) is 3.39. The number of rotatable bonds is 2. The third-order valence-corrected chi connectivity index (χ3v) is 4.32. The van der Waals surface area contributed by atoms with E-state index in [9.17, 15) is 9.90 Å². The lowest BCUT2D eigenvalue weighted by atomic mass is 9.85. The number of carbonyl (C=O) groups is 1. The molecule has 0 bridgehead atoms. The van der Waals surface area contributed by atoms with Gasteiger partial charge in [-0.25, -0.2) is 0 Å². The van der Waals surface area contributed by atoms with Crippen LogP contribution in [0, 0.1) is 0 Å². The Kier molecular flexibility index (Phi) is 3.49. The Balaban J connectivity index is 2.14. The normalized spacial score (nSPS) is 15.8. The van der Waals surface area contributed by atoms with E-state index in [1.807, 2.05) is 12.1 Å². The largest absolute Gasteiger partial charge is 0.508 e. The molecule has 1 aromatic carbocycles. The van der Waals surface area contributed by atoms with E-state index in [0.717, 1.165) is 35.1 Å². The molecule has 3 nitrogen and oxygen atoms in total. The van der Waals surface area contributed by atoms with Gasteiger partial charge < -0.3 is 5.11 Å². The van der Waals surface area contributed by atoms with Crippen LogP contribution in [0.3, 0.4) is 0 Å². The summed E-state index contributed by atoms with van der Waals surface area (Å²) in [5.74, 6) is 0.359. The van der Waals surface area contributed by atoms with E-state index in [2.05, 4.69) is 17.6 Å². The Bertz CT molecular complexity index is 655. The van der Waals surface area contributed by atoms with Crippen LogP contribution >= 0.6 is 12.6 Å². The van der Waals surface area contributed by atoms with Crippen LogP contribution in [0.1, 0.15) is 45.1 Å².